The zero-order chi connectivity index (χ0) is 24.8. The number of ether oxygens (including phenoxy) is 1. The van der Waals surface area contributed by atoms with Crippen molar-refractivity contribution in [1.82, 2.24) is 4.31 Å². The molecule has 1 amide bonds. The van der Waals surface area contributed by atoms with E-state index < -0.39 is 21.9 Å². The van der Waals surface area contributed by atoms with E-state index in [2.05, 4.69) is 16.3 Å². The first-order valence-electron chi connectivity index (χ1n) is 12.2. The summed E-state index contributed by atoms with van der Waals surface area (Å²) in [7, 11) is -3.51. The van der Waals surface area contributed by atoms with E-state index in [0.29, 0.717) is 24.3 Å². The number of benzene rings is 2. The number of aryl methyl sites for hydroxylation is 1. The van der Waals surface area contributed by atoms with Gasteiger partial charge in [-0.25, -0.2) is 8.42 Å². The maximum Gasteiger partial charge on any atom is 0.310 e. The summed E-state index contributed by atoms with van der Waals surface area (Å²) in [5, 5.41) is 2.80. The number of nitrogens with zero attached hydrogens (tertiary/aromatic N) is 2. The number of hydrogen-bond donors (Lipinski definition) is 1. The summed E-state index contributed by atoms with van der Waals surface area (Å²) in [5.74, 6) is -0.953. The summed E-state index contributed by atoms with van der Waals surface area (Å²) < 4.78 is 32.1. The maximum absolute atomic E-state index is 12.7. The number of piperidine rings is 1. The Kier molecular flexibility index (Phi) is 8.07. The lowest BCUT2D eigenvalue weighted by Crippen LogP contribution is -2.35. The first-order chi connectivity index (χ1) is 16.8. The second-order valence-electron chi connectivity index (χ2n) is 9.19. The van der Waals surface area contributed by atoms with Crippen LogP contribution in [0.25, 0.3) is 0 Å². The molecule has 0 spiro atoms. The van der Waals surface area contributed by atoms with Gasteiger partial charge in [0.15, 0.2) is 6.61 Å². The van der Waals surface area contributed by atoms with Crippen LogP contribution in [0.4, 0.5) is 11.4 Å². The minimum absolute atomic E-state index is 0.0408. The van der Waals surface area contributed by atoms with Gasteiger partial charge in [-0.15, -0.1) is 0 Å². The predicted molar refractivity (Wildman–Crippen MR) is 135 cm³/mol. The fourth-order valence-electron chi connectivity index (χ4n) is 4.54. The van der Waals surface area contributed by atoms with E-state index in [9.17, 15) is 18.0 Å². The number of esters is 1. The number of carbonyl (C=O) groups excluding carboxylic acids is 2. The van der Waals surface area contributed by atoms with Gasteiger partial charge in [0.25, 0.3) is 5.91 Å². The molecule has 0 aromatic heterocycles. The van der Waals surface area contributed by atoms with Crippen molar-refractivity contribution in [2.75, 3.05) is 43.0 Å². The summed E-state index contributed by atoms with van der Waals surface area (Å²) in [6.45, 7) is 4.75. The van der Waals surface area contributed by atoms with Gasteiger partial charge >= 0.3 is 5.97 Å². The van der Waals surface area contributed by atoms with Gasteiger partial charge in [0, 0.05) is 37.6 Å². The number of amides is 1. The summed E-state index contributed by atoms with van der Waals surface area (Å²) in [6, 6.07) is 12.2. The van der Waals surface area contributed by atoms with E-state index in [0.717, 1.165) is 43.6 Å². The number of sulfonamides is 1. The van der Waals surface area contributed by atoms with Crippen molar-refractivity contribution in [2.24, 2.45) is 0 Å². The molecule has 2 fully saturated rings. The highest BCUT2D eigenvalue weighted by molar-refractivity contribution is 7.89. The van der Waals surface area contributed by atoms with Crippen molar-refractivity contribution in [2.45, 2.75) is 50.3 Å². The van der Waals surface area contributed by atoms with E-state index in [1.807, 2.05) is 19.1 Å². The maximum atomic E-state index is 12.7. The van der Waals surface area contributed by atoms with E-state index >= 15 is 0 Å². The Morgan fingerprint density at radius 3 is 2.23 bits per heavy atom. The van der Waals surface area contributed by atoms with Crippen LogP contribution in [-0.2, 0) is 30.8 Å². The molecule has 35 heavy (non-hydrogen) atoms. The predicted octanol–water partition coefficient (Wildman–Crippen LogP) is 3.49. The number of nitrogens with one attached hydrogen (secondary N) is 1. The van der Waals surface area contributed by atoms with Crippen LogP contribution in [0.1, 0.15) is 43.2 Å². The zero-order valence-electron chi connectivity index (χ0n) is 20.2. The summed E-state index contributed by atoms with van der Waals surface area (Å²) in [6.07, 6.45) is 5.16. The molecule has 0 bridgehead atoms. The number of carbonyl (C=O) groups is 2. The fourth-order valence-corrected chi connectivity index (χ4v) is 6.06. The molecule has 0 radical (unpaired) electrons. The van der Waals surface area contributed by atoms with E-state index in [1.54, 1.807) is 12.1 Å². The minimum Gasteiger partial charge on any atom is -0.455 e. The molecule has 2 aliphatic heterocycles. The van der Waals surface area contributed by atoms with Crippen molar-refractivity contribution in [1.29, 1.82) is 0 Å². The van der Waals surface area contributed by atoms with E-state index in [4.69, 9.17) is 4.74 Å². The molecule has 0 saturated carbocycles. The molecule has 2 aromatic carbocycles. The highest BCUT2D eigenvalue weighted by Crippen LogP contribution is 2.25. The van der Waals surface area contributed by atoms with Gasteiger partial charge in [-0.3, -0.25) is 9.59 Å². The SMILES string of the molecule is Cc1cc(N2CCCC2)ccc1NC(=O)COC(=O)Cc1ccc(S(=O)(=O)N2CCCCC2)cc1. The van der Waals surface area contributed by atoms with Crippen molar-refractivity contribution in [3.05, 3.63) is 53.6 Å². The minimum atomic E-state index is -3.51. The quantitative estimate of drug-likeness (QED) is 0.559. The Balaban J connectivity index is 1.25. The highest BCUT2D eigenvalue weighted by Gasteiger charge is 2.25. The van der Waals surface area contributed by atoms with Gasteiger partial charge in [0.2, 0.25) is 10.0 Å². The Hall–Kier alpha value is -2.91. The van der Waals surface area contributed by atoms with Gasteiger partial charge in [0.1, 0.15) is 0 Å². The topological polar surface area (TPSA) is 96.0 Å². The fraction of sp³-hybridized carbons (Fsp3) is 0.462. The standard InChI is InChI=1S/C26H33N3O5S/c1-20-17-22(28-13-5-6-14-28)9-12-24(20)27-25(30)19-34-26(31)18-21-7-10-23(11-8-21)35(32,33)29-15-3-2-4-16-29/h7-12,17H,2-6,13-16,18-19H2,1H3,(H,27,30). The molecule has 188 valence electrons. The smallest absolute Gasteiger partial charge is 0.310 e. The first-order valence-corrected chi connectivity index (χ1v) is 13.7. The van der Waals surface area contributed by atoms with Crippen LogP contribution in [0.3, 0.4) is 0 Å². The number of anilines is 2. The van der Waals surface area contributed by atoms with E-state index in [1.165, 1.54) is 29.3 Å². The Morgan fingerprint density at radius 1 is 0.914 bits per heavy atom. The average molecular weight is 500 g/mol. The molecule has 2 saturated heterocycles. The molecule has 1 N–H and O–H groups in total. The van der Waals surface area contributed by atoms with Crippen LogP contribution in [0.2, 0.25) is 0 Å². The number of rotatable bonds is 8. The third kappa shape index (κ3) is 6.41. The molecule has 0 aliphatic carbocycles. The molecule has 0 unspecified atom stereocenters. The zero-order valence-corrected chi connectivity index (χ0v) is 21.0. The van der Waals surface area contributed by atoms with Crippen LogP contribution in [-0.4, -0.2) is 57.4 Å². The van der Waals surface area contributed by atoms with Gasteiger partial charge < -0.3 is 15.0 Å². The van der Waals surface area contributed by atoms with Crippen LogP contribution in [0.5, 0.6) is 0 Å². The summed E-state index contributed by atoms with van der Waals surface area (Å²) in [4.78, 5) is 27.1. The van der Waals surface area contributed by atoms with Crippen molar-refractivity contribution in [3.63, 3.8) is 0 Å². The molecular weight excluding hydrogens is 466 g/mol. The van der Waals surface area contributed by atoms with Crippen LogP contribution in [0.15, 0.2) is 47.4 Å². The summed E-state index contributed by atoms with van der Waals surface area (Å²) >= 11 is 0. The largest absolute Gasteiger partial charge is 0.455 e. The first kappa shape index (κ1) is 25.2. The highest BCUT2D eigenvalue weighted by atomic mass is 32.2. The lowest BCUT2D eigenvalue weighted by Gasteiger charge is -2.25. The monoisotopic (exact) mass is 499 g/mol. The molecule has 2 heterocycles. The van der Waals surface area contributed by atoms with Crippen LogP contribution in [0, 0.1) is 6.92 Å². The Morgan fingerprint density at radius 2 is 1.57 bits per heavy atom. The molecule has 0 atom stereocenters. The van der Waals surface area contributed by atoms with Crippen molar-refractivity contribution >= 4 is 33.3 Å². The molecule has 4 rings (SSSR count). The molecule has 2 aromatic rings. The Bertz CT molecular complexity index is 1150. The normalized spacial score (nSPS) is 16.8. The van der Waals surface area contributed by atoms with Crippen molar-refractivity contribution < 1.29 is 22.7 Å². The van der Waals surface area contributed by atoms with Gasteiger partial charge in [0.05, 0.1) is 11.3 Å². The third-order valence-electron chi connectivity index (χ3n) is 6.54. The molecule has 8 nitrogen and oxygen atoms in total. The lowest BCUT2D eigenvalue weighted by atomic mass is 10.1. The third-order valence-corrected chi connectivity index (χ3v) is 8.46. The Labute approximate surface area is 207 Å². The second-order valence-corrected chi connectivity index (χ2v) is 11.1. The van der Waals surface area contributed by atoms with Crippen LogP contribution < -0.4 is 10.2 Å². The molecule has 2 aliphatic rings. The average Bonchev–Trinajstić information content (AvgIpc) is 3.40. The lowest BCUT2D eigenvalue weighted by molar-refractivity contribution is -0.146. The van der Waals surface area contributed by atoms with E-state index in [-0.39, 0.29) is 17.9 Å². The van der Waals surface area contributed by atoms with Gasteiger partial charge in [-0.05, 0) is 74.1 Å². The second kappa shape index (κ2) is 11.2. The van der Waals surface area contributed by atoms with Crippen LogP contribution >= 0.6 is 0 Å². The number of hydrogen-bond acceptors (Lipinski definition) is 6. The van der Waals surface area contributed by atoms with Crippen molar-refractivity contribution in [3.8, 4) is 0 Å². The molecular formula is C26H33N3O5S. The summed E-state index contributed by atoms with van der Waals surface area (Å²) in [5.41, 5.74) is 3.42. The molecule has 9 heteroatoms. The van der Waals surface area contributed by atoms with Gasteiger partial charge in [-0.2, -0.15) is 4.31 Å². The van der Waals surface area contributed by atoms with Gasteiger partial charge in [-0.1, -0.05) is 18.6 Å².